The predicted octanol–water partition coefficient (Wildman–Crippen LogP) is 4.58. The third-order valence-corrected chi connectivity index (χ3v) is 8.83. The van der Waals surface area contributed by atoms with Gasteiger partial charge in [-0.2, -0.15) is 0 Å². The number of aromatic hydroxyl groups is 1. The molecule has 1 saturated heterocycles. The fourth-order valence-electron chi connectivity index (χ4n) is 7.18. The number of piperidine rings is 1. The lowest BCUT2D eigenvalue weighted by atomic mass is 9.49. The second-order valence-electron chi connectivity index (χ2n) is 10.0. The molecular weight excluding hydrogens is 448 g/mol. The molecule has 4 atom stereocenters. The maximum Gasteiger partial charge on any atom is 0.166 e. The smallest absolute Gasteiger partial charge is 0.166 e. The summed E-state index contributed by atoms with van der Waals surface area (Å²) in [6.45, 7) is 5.52. The number of benzene rings is 2. The van der Waals surface area contributed by atoms with Gasteiger partial charge in [0.2, 0.25) is 0 Å². The van der Waals surface area contributed by atoms with Crippen LogP contribution in [0.2, 0.25) is 5.02 Å². The van der Waals surface area contributed by atoms with Gasteiger partial charge in [0.05, 0.1) is 16.7 Å². The number of phenols is 1. The maximum absolute atomic E-state index is 12.7. The van der Waals surface area contributed by atoms with Gasteiger partial charge in [0.1, 0.15) is 0 Å². The van der Waals surface area contributed by atoms with Crippen molar-refractivity contribution in [3.05, 3.63) is 88.7 Å². The minimum Gasteiger partial charge on any atom is -0.504 e. The lowest BCUT2D eigenvalue weighted by molar-refractivity contribution is -0.171. The van der Waals surface area contributed by atoms with Gasteiger partial charge in [-0.15, -0.1) is 6.58 Å². The van der Waals surface area contributed by atoms with Crippen molar-refractivity contribution >= 4 is 11.6 Å². The third kappa shape index (κ3) is 2.40. The molecule has 0 radical (unpaired) electrons. The van der Waals surface area contributed by atoms with Crippen LogP contribution in [0.1, 0.15) is 34.9 Å². The van der Waals surface area contributed by atoms with Crippen LogP contribution >= 0.6 is 11.6 Å². The number of hydrogen-bond acceptors (Lipinski definition) is 5. The van der Waals surface area contributed by atoms with E-state index in [1.165, 1.54) is 0 Å². The monoisotopic (exact) mass is 472 g/mol. The Kier molecular flexibility index (Phi) is 4.13. The van der Waals surface area contributed by atoms with Crippen molar-refractivity contribution in [3.63, 3.8) is 0 Å². The summed E-state index contributed by atoms with van der Waals surface area (Å²) in [6.07, 6.45) is 5.30. The molecule has 6 heteroatoms. The Morgan fingerprint density at radius 1 is 1.18 bits per heavy atom. The topological polar surface area (TPSA) is 65.8 Å². The van der Waals surface area contributed by atoms with Crippen LogP contribution in [0, 0.1) is 0 Å². The molecule has 4 aliphatic rings. The summed E-state index contributed by atoms with van der Waals surface area (Å²) in [5.74, 6) is 0.657. The highest BCUT2D eigenvalue weighted by molar-refractivity contribution is 6.30. The number of likely N-dealkylation sites (tertiary alicyclic amines) is 1. The fourth-order valence-corrected chi connectivity index (χ4v) is 7.30. The number of hydrogen-bond donors (Lipinski definition) is 2. The second kappa shape index (κ2) is 6.85. The van der Waals surface area contributed by atoms with E-state index in [0.29, 0.717) is 23.6 Å². The average molecular weight is 473 g/mol. The SMILES string of the molecule is C=CCN1CC[C@]23c4c5ccc(O)c4O[C@H]2c2ncc(-c4ccc(Cl)cc4)cc2C[C@@]3(O)[C@@H]1C5. The van der Waals surface area contributed by atoms with Gasteiger partial charge in [-0.05, 0) is 53.8 Å². The summed E-state index contributed by atoms with van der Waals surface area (Å²) in [4.78, 5) is 7.26. The lowest BCUT2D eigenvalue weighted by Crippen LogP contribution is -2.74. The minimum absolute atomic E-state index is 0.0688. The molecule has 2 aliphatic carbocycles. The Morgan fingerprint density at radius 3 is 2.79 bits per heavy atom. The number of aliphatic hydroxyl groups is 1. The predicted molar refractivity (Wildman–Crippen MR) is 130 cm³/mol. The largest absolute Gasteiger partial charge is 0.504 e. The normalized spacial score (nSPS) is 30.3. The molecule has 2 bridgehead atoms. The summed E-state index contributed by atoms with van der Waals surface area (Å²) in [5.41, 5.74) is 4.34. The molecule has 2 aliphatic heterocycles. The van der Waals surface area contributed by atoms with E-state index in [9.17, 15) is 10.2 Å². The second-order valence-corrected chi connectivity index (χ2v) is 10.5. The van der Waals surface area contributed by atoms with E-state index in [1.807, 2.05) is 42.6 Å². The highest BCUT2D eigenvalue weighted by atomic mass is 35.5. The first-order valence-electron chi connectivity index (χ1n) is 11.8. The van der Waals surface area contributed by atoms with Gasteiger partial charge in [0.15, 0.2) is 17.6 Å². The molecule has 0 saturated carbocycles. The van der Waals surface area contributed by atoms with Crippen LogP contribution in [0.25, 0.3) is 11.1 Å². The zero-order valence-corrected chi connectivity index (χ0v) is 19.4. The van der Waals surface area contributed by atoms with Gasteiger partial charge < -0.3 is 14.9 Å². The summed E-state index contributed by atoms with van der Waals surface area (Å²) in [7, 11) is 0. The van der Waals surface area contributed by atoms with E-state index in [2.05, 4.69) is 17.5 Å². The van der Waals surface area contributed by atoms with Crippen molar-refractivity contribution in [3.8, 4) is 22.6 Å². The molecule has 0 amide bonds. The molecular formula is C28H25ClN2O3. The molecule has 1 spiro atoms. The molecule has 1 aromatic heterocycles. The highest BCUT2D eigenvalue weighted by Crippen LogP contribution is 2.68. The summed E-state index contributed by atoms with van der Waals surface area (Å²) < 4.78 is 6.53. The van der Waals surface area contributed by atoms with E-state index >= 15 is 0 Å². The Hall–Kier alpha value is -2.86. The van der Waals surface area contributed by atoms with Crippen LogP contribution in [-0.4, -0.2) is 44.8 Å². The molecule has 2 aromatic carbocycles. The molecule has 34 heavy (non-hydrogen) atoms. The van der Waals surface area contributed by atoms with Crippen LogP contribution in [0.3, 0.4) is 0 Å². The van der Waals surface area contributed by atoms with Crippen LogP contribution in [0.5, 0.6) is 11.5 Å². The van der Waals surface area contributed by atoms with Crippen molar-refractivity contribution in [2.24, 2.45) is 0 Å². The van der Waals surface area contributed by atoms with Crippen LogP contribution in [-0.2, 0) is 18.3 Å². The number of nitrogens with zero attached hydrogens (tertiary/aromatic N) is 2. The molecule has 7 rings (SSSR count). The van der Waals surface area contributed by atoms with Crippen molar-refractivity contribution in [1.29, 1.82) is 0 Å². The van der Waals surface area contributed by atoms with E-state index < -0.39 is 17.1 Å². The molecule has 3 heterocycles. The minimum atomic E-state index is -1.04. The number of fused-ring (bicyclic) bond motifs is 2. The maximum atomic E-state index is 12.7. The van der Waals surface area contributed by atoms with Gasteiger partial charge in [-0.25, -0.2) is 0 Å². The summed E-state index contributed by atoms with van der Waals surface area (Å²) in [6, 6.07) is 13.5. The number of aromatic nitrogens is 1. The van der Waals surface area contributed by atoms with Gasteiger partial charge >= 0.3 is 0 Å². The van der Waals surface area contributed by atoms with Gasteiger partial charge in [-0.1, -0.05) is 35.9 Å². The van der Waals surface area contributed by atoms with Gasteiger partial charge in [-0.3, -0.25) is 9.88 Å². The third-order valence-electron chi connectivity index (χ3n) is 8.57. The van der Waals surface area contributed by atoms with Gasteiger partial charge in [0.25, 0.3) is 0 Å². The van der Waals surface area contributed by atoms with Gasteiger partial charge in [0, 0.05) is 47.9 Å². The van der Waals surface area contributed by atoms with E-state index in [1.54, 1.807) is 6.07 Å². The molecule has 5 nitrogen and oxygen atoms in total. The first-order chi connectivity index (χ1) is 16.5. The lowest BCUT2D eigenvalue weighted by Gasteiger charge is -2.62. The standard InChI is InChI=1S/C28H25ClN2O3/c1-2-10-31-11-9-27-23-17-5-8-21(32)25(23)34-26(27)24-18(14-28(27,33)22(31)13-17)12-19(15-30-24)16-3-6-20(29)7-4-16/h2-8,12,15,22,26,32-33H,1,9-11,13-14H2/t22-,26-,27-,28+/m0/s1. The van der Waals surface area contributed by atoms with Crippen LogP contribution in [0.4, 0.5) is 0 Å². The number of phenolic OH excluding ortho intramolecular Hbond substituents is 1. The van der Waals surface area contributed by atoms with Crippen molar-refractivity contribution in [2.45, 2.75) is 42.4 Å². The summed E-state index contributed by atoms with van der Waals surface area (Å²) in [5, 5.41) is 24.1. The quantitative estimate of drug-likeness (QED) is 0.546. The highest BCUT2D eigenvalue weighted by Gasteiger charge is 2.72. The van der Waals surface area contributed by atoms with Crippen LogP contribution < -0.4 is 4.74 Å². The molecule has 2 N–H and O–H groups in total. The summed E-state index contributed by atoms with van der Waals surface area (Å²) >= 11 is 6.09. The molecule has 172 valence electrons. The first-order valence-corrected chi connectivity index (χ1v) is 12.2. The van der Waals surface area contributed by atoms with E-state index in [4.69, 9.17) is 21.3 Å². The molecule has 0 unspecified atom stereocenters. The number of pyridine rings is 1. The Bertz CT molecular complexity index is 1360. The number of halogens is 1. The van der Waals surface area contributed by atoms with Crippen LogP contribution in [0.15, 0.2) is 61.3 Å². The number of rotatable bonds is 3. The number of ether oxygens (including phenoxy) is 1. The Balaban J connectivity index is 1.45. The van der Waals surface area contributed by atoms with Crippen molar-refractivity contribution in [1.82, 2.24) is 9.88 Å². The molecule has 1 fully saturated rings. The first kappa shape index (κ1) is 20.5. The van der Waals surface area contributed by atoms with Crippen molar-refractivity contribution in [2.75, 3.05) is 13.1 Å². The molecule has 3 aromatic rings. The van der Waals surface area contributed by atoms with E-state index in [-0.39, 0.29) is 11.8 Å². The van der Waals surface area contributed by atoms with Crippen molar-refractivity contribution < 1.29 is 14.9 Å². The average Bonchev–Trinajstić information content (AvgIpc) is 3.18. The Morgan fingerprint density at radius 2 is 2.00 bits per heavy atom. The zero-order valence-electron chi connectivity index (χ0n) is 18.7. The fraction of sp³-hybridized carbons (Fsp3) is 0.321. The zero-order chi connectivity index (χ0) is 23.2. The Labute approximate surface area is 203 Å². The van der Waals surface area contributed by atoms with E-state index in [0.717, 1.165) is 53.0 Å².